The van der Waals surface area contributed by atoms with Gasteiger partial charge in [-0.15, -0.1) is 0 Å². The van der Waals surface area contributed by atoms with Gasteiger partial charge in [0.05, 0.1) is 18.0 Å². The van der Waals surface area contributed by atoms with Crippen LogP contribution in [0, 0.1) is 0 Å². The molecule has 0 aliphatic heterocycles. The summed E-state index contributed by atoms with van der Waals surface area (Å²) in [6.07, 6.45) is 0. The maximum atomic E-state index is 12.1. The molecular weight excluding hydrogens is 436 g/mol. The summed E-state index contributed by atoms with van der Waals surface area (Å²) in [7, 11) is 0. The van der Waals surface area contributed by atoms with Crippen LogP contribution in [0.2, 0.25) is 0 Å². The van der Waals surface area contributed by atoms with Crippen molar-refractivity contribution in [2.45, 2.75) is 6.92 Å². The molecule has 0 aromatic heterocycles. The predicted molar refractivity (Wildman–Crippen MR) is 127 cm³/mol. The fourth-order valence-corrected chi connectivity index (χ4v) is 2.74. The third-order valence-electron chi connectivity index (χ3n) is 4.37. The lowest BCUT2D eigenvalue weighted by Crippen LogP contribution is -2.32. The SMILES string of the molecule is CCOc1ccc(C(=O)NCC(=O)OCC(=O)Nc2ccc(N=Nc3ccccc3)cc2)cc1. The molecular formula is C25H24N4O5. The number of azo groups is 1. The van der Waals surface area contributed by atoms with Gasteiger partial charge in [0.15, 0.2) is 6.61 Å². The highest BCUT2D eigenvalue weighted by molar-refractivity contribution is 5.96. The number of carbonyl (C=O) groups is 3. The van der Waals surface area contributed by atoms with E-state index < -0.39 is 24.4 Å². The van der Waals surface area contributed by atoms with Crippen molar-refractivity contribution in [3.05, 3.63) is 84.4 Å². The summed E-state index contributed by atoms with van der Waals surface area (Å²) in [5.41, 5.74) is 2.25. The van der Waals surface area contributed by atoms with Gasteiger partial charge < -0.3 is 20.1 Å². The highest BCUT2D eigenvalue weighted by Gasteiger charge is 2.11. The van der Waals surface area contributed by atoms with Crippen LogP contribution in [0.5, 0.6) is 5.75 Å². The van der Waals surface area contributed by atoms with Crippen LogP contribution < -0.4 is 15.4 Å². The summed E-state index contributed by atoms with van der Waals surface area (Å²) >= 11 is 0. The van der Waals surface area contributed by atoms with Crippen molar-refractivity contribution in [2.75, 3.05) is 25.1 Å². The number of anilines is 1. The molecule has 2 N–H and O–H groups in total. The molecule has 0 spiro atoms. The van der Waals surface area contributed by atoms with Crippen molar-refractivity contribution in [1.29, 1.82) is 0 Å². The average Bonchev–Trinajstić information content (AvgIpc) is 2.87. The molecule has 0 saturated heterocycles. The number of esters is 1. The van der Waals surface area contributed by atoms with E-state index in [4.69, 9.17) is 9.47 Å². The summed E-state index contributed by atoms with van der Waals surface area (Å²) in [5, 5.41) is 13.3. The molecule has 9 heteroatoms. The maximum Gasteiger partial charge on any atom is 0.325 e. The van der Waals surface area contributed by atoms with E-state index in [1.165, 1.54) is 0 Å². The monoisotopic (exact) mass is 460 g/mol. The number of benzene rings is 3. The van der Waals surface area contributed by atoms with Gasteiger partial charge in [-0.3, -0.25) is 14.4 Å². The van der Waals surface area contributed by atoms with Crippen molar-refractivity contribution in [3.8, 4) is 5.75 Å². The highest BCUT2D eigenvalue weighted by atomic mass is 16.5. The van der Waals surface area contributed by atoms with Crippen molar-refractivity contribution in [3.63, 3.8) is 0 Å². The Morgan fingerprint density at radius 3 is 2.12 bits per heavy atom. The summed E-state index contributed by atoms with van der Waals surface area (Å²) < 4.78 is 10.2. The van der Waals surface area contributed by atoms with Crippen LogP contribution in [0.1, 0.15) is 17.3 Å². The van der Waals surface area contributed by atoms with E-state index in [9.17, 15) is 14.4 Å². The Labute approximate surface area is 196 Å². The molecule has 3 aromatic carbocycles. The average molecular weight is 460 g/mol. The molecule has 34 heavy (non-hydrogen) atoms. The third-order valence-corrected chi connectivity index (χ3v) is 4.37. The van der Waals surface area contributed by atoms with Gasteiger partial charge in [0.1, 0.15) is 12.3 Å². The zero-order chi connectivity index (χ0) is 24.2. The normalized spacial score (nSPS) is 10.5. The molecule has 0 aliphatic rings. The van der Waals surface area contributed by atoms with Gasteiger partial charge in [0, 0.05) is 11.3 Å². The molecule has 3 aromatic rings. The first kappa shape index (κ1) is 24.1. The van der Waals surface area contributed by atoms with Crippen molar-refractivity contribution in [2.24, 2.45) is 10.2 Å². The van der Waals surface area contributed by atoms with Crippen LogP contribution in [0.25, 0.3) is 0 Å². The van der Waals surface area contributed by atoms with Crippen LogP contribution in [0.3, 0.4) is 0 Å². The topological polar surface area (TPSA) is 118 Å². The lowest BCUT2D eigenvalue weighted by molar-refractivity contribution is -0.146. The number of hydrogen-bond acceptors (Lipinski definition) is 7. The quantitative estimate of drug-likeness (QED) is 0.343. The van der Waals surface area contributed by atoms with E-state index in [-0.39, 0.29) is 6.54 Å². The Kier molecular flexibility index (Phi) is 8.86. The Hall–Kier alpha value is -4.53. The van der Waals surface area contributed by atoms with E-state index in [0.29, 0.717) is 29.3 Å². The zero-order valence-electron chi connectivity index (χ0n) is 18.6. The van der Waals surface area contributed by atoms with E-state index >= 15 is 0 Å². The molecule has 0 fully saturated rings. The Balaban J connectivity index is 1.38. The number of rotatable bonds is 10. The minimum absolute atomic E-state index is 0.361. The molecule has 2 amide bonds. The van der Waals surface area contributed by atoms with Gasteiger partial charge in [-0.25, -0.2) is 0 Å². The van der Waals surface area contributed by atoms with Crippen LogP contribution in [-0.2, 0) is 14.3 Å². The predicted octanol–water partition coefficient (Wildman–Crippen LogP) is 4.41. The van der Waals surface area contributed by atoms with E-state index in [2.05, 4.69) is 20.9 Å². The maximum absolute atomic E-state index is 12.1. The second-order valence-electron chi connectivity index (χ2n) is 6.93. The summed E-state index contributed by atoms with van der Waals surface area (Å²) in [4.78, 5) is 36.0. The van der Waals surface area contributed by atoms with Gasteiger partial charge in [0.25, 0.3) is 11.8 Å². The molecule has 0 bridgehead atoms. The van der Waals surface area contributed by atoms with Gasteiger partial charge in [-0.05, 0) is 67.6 Å². The van der Waals surface area contributed by atoms with Gasteiger partial charge in [0.2, 0.25) is 0 Å². The van der Waals surface area contributed by atoms with Gasteiger partial charge in [-0.2, -0.15) is 10.2 Å². The number of nitrogens with zero attached hydrogens (tertiary/aromatic N) is 2. The van der Waals surface area contributed by atoms with Crippen LogP contribution in [0.15, 0.2) is 89.1 Å². The molecule has 0 radical (unpaired) electrons. The molecule has 0 aliphatic carbocycles. The molecule has 174 valence electrons. The first-order valence-corrected chi connectivity index (χ1v) is 10.6. The summed E-state index contributed by atoms with van der Waals surface area (Å²) in [6, 6.07) is 22.6. The minimum Gasteiger partial charge on any atom is -0.494 e. The number of hydrogen-bond donors (Lipinski definition) is 2. The standard InChI is InChI=1S/C25H24N4O5/c1-2-33-22-14-8-18(9-15-22)25(32)26-16-24(31)34-17-23(30)27-19-10-12-21(13-11-19)29-28-20-6-4-3-5-7-20/h3-15H,2,16-17H2,1H3,(H,26,32)(H,27,30). The number of ether oxygens (including phenoxy) is 2. The molecule has 3 rings (SSSR count). The largest absolute Gasteiger partial charge is 0.494 e. The Bertz CT molecular complexity index is 1130. The molecule has 0 heterocycles. The fraction of sp³-hybridized carbons (Fsp3) is 0.160. The van der Waals surface area contributed by atoms with E-state index in [0.717, 1.165) is 5.69 Å². The van der Waals surface area contributed by atoms with Gasteiger partial charge >= 0.3 is 5.97 Å². The summed E-state index contributed by atoms with van der Waals surface area (Å²) in [5.74, 6) is -1.03. The van der Waals surface area contributed by atoms with E-state index in [1.807, 2.05) is 37.3 Å². The van der Waals surface area contributed by atoms with Gasteiger partial charge in [-0.1, -0.05) is 18.2 Å². The molecule has 0 saturated carbocycles. The van der Waals surface area contributed by atoms with Crippen molar-refractivity contribution in [1.82, 2.24) is 5.32 Å². The fourth-order valence-electron chi connectivity index (χ4n) is 2.74. The van der Waals surface area contributed by atoms with Crippen molar-refractivity contribution < 1.29 is 23.9 Å². The Morgan fingerprint density at radius 1 is 0.824 bits per heavy atom. The molecule has 9 nitrogen and oxygen atoms in total. The second kappa shape index (κ2) is 12.5. The lowest BCUT2D eigenvalue weighted by atomic mass is 10.2. The number of carbonyl (C=O) groups excluding carboxylic acids is 3. The number of amides is 2. The van der Waals surface area contributed by atoms with Crippen molar-refractivity contribution >= 4 is 34.8 Å². The summed E-state index contributed by atoms with van der Waals surface area (Å²) in [6.45, 7) is 1.55. The van der Waals surface area contributed by atoms with Crippen LogP contribution in [-0.4, -0.2) is 37.5 Å². The molecule has 0 atom stereocenters. The van der Waals surface area contributed by atoms with E-state index in [1.54, 1.807) is 48.5 Å². The first-order chi connectivity index (χ1) is 16.5. The second-order valence-corrected chi connectivity index (χ2v) is 6.93. The first-order valence-electron chi connectivity index (χ1n) is 10.6. The van der Waals surface area contributed by atoms with Crippen LogP contribution >= 0.6 is 0 Å². The lowest BCUT2D eigenvalue weighted by Gasteiger charge is -2.08. The Morgan fingerprint density at radius 2 is 1.47 bits per heavy atom. The van der Waals surface area contributed by atoms with Crippen LogP contribution in [0.4, 0.5) is 17.1 Å². The minimum atomic E-state index is -0.730. The zero-order valence-corrected chi connectivity index (χ0v) is 18.6. The highest BCUT2D eigenvalue weighted by Crippen LogP contribution is 2.20. The third kappa shape index (κ3) is 7.86. The number of nitrogens with one attached hydrogen (secondary N) is 2. The molecule has 0 unspecified atom stereocenters. The smallest absolute Gasteiger partial charge is 0.325 e.